The first-order valence-electron chi connectivity index (χ1n) is 14.3. The fourth-order valence-corrected chi connectivity index (χ4v) is 7.82. The molecule has 3 unspecified atom stereocenters. The highest BCUT2D eigenvalue weighted by atomic mass is 32.2. The first-order chi connectivity index (χ1) is 20.8. The second-order valence-electron chi connectivity index (χ2n) is 11.3. The topological polar surface area (TPSA) is 105 Å². The van der Waals surface area contributed by atoms with Gasteiger partial charge in [0.2, 0.25) is 15.9 Å². The Hall–Kier alpha value is -3.39. The minimum absolute atomic E-state index is 0.0642. The number of sulfonamides is 1. The van der Waals surface area contributed by atoms with E-state index >= 15 is 4.39 Å². The van der Waals surface area contributed by atoms with E-state index in [1.807, 2.05) is 0 Å². The maximum Gasteiger partial charge on any atom is 0.416 e. The molecule has 0 aromatic heterocycles. The number of benzene rings is 3. The van der Waals surface area contributed by atoms with Crippen molar-refractivity contribution in [2.75, 3.05) is 24.2 Å². The molecule has 7 nitrogen and oxygen atoms in total. The van der Waals surface area contributed by atoms with Crippen LogP contribution in [0.15, 0.2) is 66.7 Å². The Morgan fingerprint density at radius 2 is 1.68 bits per heavy atom. The normalized spacial score (nSPS) is 22.9. The minimum atomic E-state index is -4.57. The first kappa shape index (κ1) is 32.0. The van der Waals surface area contributed by atoms with Crippen LogP contribution in [0.5, 0.6) is 0 Å². The van der Waals surface area contributed by atoms with Crippen LogP contribution in [0.3, 0.4) is 0 Å². The van der Waals surface area contributed by atoms with E-state index in [2.05, 4.69) is 10.6 Å². The molecule has 1 amide bonds. The molecule has 3 aromatic carbocycles. The zero-order valence-electron chi connectivity index (χ0n) is 23.7. The van der Waals surface area contributed by atoms with E-state index in [9.17, 15) is 30.8 Å². The largest absolute Gasteiger partial charge is 0.416 e. The summed E-state index contributed by atoms with van der Waals surface area (Å²) in [6.45, 7) is 0.787. The summed E-state index contributed by atoms with van der Waals surface area (Å²) in [5.41, 5.74) is 6.56. The lowest BCUT2D eigenvalue weighted by Gasteiger charge is -2.37. The minimum Gasteiger partial charge on any atom is -0.324 e. The van der Waals surface area contributed by atoms with E-state index in [0.29, 0.717) is 37.1 Å². The Morgan fingerprint density at radius 1 is 1.02 bits per heavy atom. The lowest BCUT2D eigenvalue weighted by Crippen LogP contribution is -2.57. The molecule has 2 aliphatic heterocycles. The van der Waals surface area contributed by atoms with Crippen molar-refractivity contribution in [2.24, 2.45) is 5.73 Å². The van der Waals surface area contributed by atoms with Crippen LogP contribution in [0.1, 0.15) is 47.4 Å². The van der Waals surface area contributed by atoms with Gasteiger partial charge in [0.05, 0.1) is 17.4 Å². The summed E-state index contributed by atoms with van der Waals surface area (Å²) in [6, 6.07) is 11.8. The Kier molecular flexibility index (Phi) is 9.40. The van der Waals surface area contributed by atoms with Gasteiger partial charge in [-0.3, -0.25) is 4.79 Å². The molecule has 5 atom stereocenters. The molecule has 2 heterocycles. The zero-order valence-corrected chi connectivity index (χ0v) is 24.5. The van der Waals surface area contributed by atoms with Crippen molar-refractivity contribution in [3.05, 3.63) is 101 Å². The zero-order chi connectivity index (χ0) is 31.6. The van der Waals surface area contributed by atoms with E-state index in [4.69, 9.17) is 5.73 Å². The third-order valence-electron chi connectivity index (χ3n) is 8.35. The van der Waals surface area contributed by atoms with Crippen LogP contribution in [0.25, 0.3) is 0 Å². The highest BCUT2D eigenvalue weighted by Crippen LogP contribution is 2.34. The van der Waals surface area contributed by atoms with Crippen molar-refractivity contribution in [3.8, 4) is 0 Å². The van der Waals surface area contributed by atoms with Crippen LogP contribution >= 0.6 is 0 Å². The molecule has 236 valence electrons. The Bertz CT molecular complexity index is 1580. The summed E-state index contributed by atoms with van der Waals surface area (Å²) in [7, 11) is -3.44. The van der Waals surface area contributed by atoms with Crippen LogP contribution in [-0.2, 0) is 27.4 Å². The first-order valence-corrected chi connectivity index (χ1v) is 15.9. The summed E-state index contributed by atoms with van der Waals surface area (Å²) >= 11 is 0. The monoisotopic (exact) mass is 636 g/mol. The molecule has 0 radical (unpaired) electrons. The highest BCUT2D eigenvalue weighted by Gasteiger charge is 2.38. The van der Waals surface area contributed by atoms with Gasteiger partial charge in [-0.1, -0.05) is 30.3 Å². The third-order valence-corrected chi connectivity index (χ3v) is 10.3. The number of halogens is 5. The van der Waals surface area contributed by atoms with Gasteiger partial charge in [0.15, 0.2) is 0 Å². The van der Waals surface area contributed by atoms with Gasteiger partial charge in [-0.05, 0) is 73.2 Å². The van der Waals surface area contributed by atoms with E-state index < -0.39 is 51.3 Å². The van der Waals surface area contributed by atoms with Crippen molar-refractivity contribution < 1.29 is 35.2 Å². The Morgan fingerprint density at radius 3 is 2.34 bits per heavy atom. The molecule has 0 spiro atoms. The number of rotatable bonds is 8. The highest BCUT2D eigenvalue weighted by molar-refractivity contribution is 7.89. The van der Waals surface area contributed by atoms with Gasteiger partial charge >= 0.3 is 6.18 Å². The Labute approximate surface area is 252 Å². The molecule has 2 aliphatic rings. The number of anilines is 1. The fourth-order valence-electron chi connectivity index (χ4n) is 6.01. The van der Waals surface area contributed by atoms with Gasteiger partial charge < -0.3 is 16.4 Å². The van der Waals surface area contributed by atoms with Crippen molar-refractivity contribution >= 4 is 21.6 Å². The molecule has 3 aromatic rings. The number of alkyl halides is 3. The molecular formula is C31H33F5N4O3S. The number of nitrogens with zero attached hydrogens (tertiary/aromatic N) is 1. The molecule has 0 saturated carbocycles. The van der Waals surface area contributed by atoms with Gasteiger partial charge in [-0.2, -0.15) is 17.5 Å². The lowest BCUT2D eigenvalue weighted by atomic mass is 9.84. The van der Waals surface area contributed by atoms with Gasteiger partial charge in [0.25, 0.3) is 0 Å². The smallest absolute Gasteiger partial charge is 0.324 e. The van der Waals surface area contributed by atoms with Crippen LogP contribution in [0.2, 0.25) is 0 Å². The van der Waals surface area contributed by atoms with Gasteiger partial charge in [-0.15, -0.1) is 0 Å². The van der Waals surface area contributed by atoms with E-state index in [-0.39, 0.29) is 35.5 Å². The number of carbonyl (C=O) groups excluding carboxylic acids is 1. The van der Waals surface area contributed by atoms with Gasteiger partial charge in [-0.25, -0.2) is 17.2 Å². The number of fused-ring (bicyclic) bond motifs is 2. The van der Waals surface area contributed by atoms with Crippen LogP contribution in [0.4, 0.5) is 27.6 Å². The molecule has 2 fully saturated rings. The number of nitrogens with one attached hydrogen (secondary N) is 2. The summed E-state index contributed by atoms with van der Waals surface area (Å²) in [5.74, 6) is -2.75. The van der Waals surface area contributed by atoms with Crippen LogP contribution in [-0.4, -0.2) is 55.6 Å². The SMILES string of the molecule is N[C@H](C(=O)Nc1cccc(F)c1CCC1CNC2CCCS(=O)(=O)N1C2)[C@@H](c1ccc(F)cc1)c1ccc(C(F)(F)F)cc1. The van der Waals surface area contributed by atoms with Crippen LogP contribution in [0, 0.1) is 11.6 Å². The van der Waals surface area contributed by atoms with Crippen molar-refractivity contribution in [1.82, 2.24) is 9.62 Å². The van der Waals surface area contributed by atoms with Crippen LogP contribution < -0.4 is 16.4 Å². The Balaban J connectivity index is 1.37. The second-order valence-corrected chi connectivity index (χ2v) is 13.3. The van der Waals surface area contributed by atoms with E-state index in [1.165, 1.54) is 46.8 Å². The van der Waals surface area contributed by atoms with Gasteiger partial charge in [0.1, 0.15) is 11.6 Å². The number of hydrogen-bond acceptors (Lipinski definition) is 5. The number of carbonyl (C=O) groups is 1. The maximum atomic E-state index is 15.1. The predicted octanol–water partition coefficient (Wildman–Crippen LogP) is 4.78. The standard InChI is InChI=1S/C31H33F5N4O3S/c32-22-12-8-20(9-13-22)28(19-6-10-21(11-7-19)31(34,35)36)29(37)30(41)39-27-5-1-4-26(33)25(27)15-14-24-17-38-23-3-2-16-44(42,43)40(24)18-23/h1,4-13,23-24,28-29,38H,2-3,14-18,37H2,(H,39,41)/t23?,24?,28-,29+/m1/s1. The number of hydrogen-bond donors (Lipinski definition) is 3. The predicted molar refractivity (Wildman–Crippen MR) is 156 cm³/mol. The summed E-state index contributed by atoms with van der Waals surface area (Å²) in [4.78, 5) is 13.5. The van der Waals surface area contributed by atoms with E-state index in [0.717, 1.165) is 30.7 Å². The average Bonchev–Trinajstić information content (AvgIpc) is 3.09. The van der Waals surface area contributed by atoms with Crippen molar-refractivity contribution in [3.63, 3.8) is 0 Å². The molecule has 0 aliphatic carbocycles. The number of nitrogens with two attached hydrogens (primary N) is 1. The van der Waals surface area contributed by atoms with Crippen molar-refractivity contribution in [1.29, 1.82) is 0 Å². The molecule has 4 N–H and O–H groups in total. The molecule has 13 heteroatoms. The molecular weight excluding hydrogens is 603 g/mol. The average molecular weight is 637 g/mol. The lowest BCUT2D eigenvalue weighted by molar-refractivity contribution is -0.137. The number of piperazine rings is 1. The second kappa shape index (κ2) is 12.9. The quantitative estimate of drug-likeness (QED) is 0.309. The van der Waals surface area contributed by atoms with Crippen molar-refractivity contribution in [2.45, 2.75) is 55.9 Å². The molecule has 5 rings (SSSR count). The summed E-state index contributed by atoms with van der Waals surface area (Å²) in [5, 5.41) is 6.05. The fraction of sp³-hybridized carbons (Fsp3) is 0.387. The molecule has 2 saturated heterocycles. The van der Waals surface area contributed by atoms with E-state index in [1.54, 1.807) is 0 Å². The third kappa shape index (κ3) is 7.12. The summed E-state index contributed by atoms with van der Waals surface area (Å²) in [6.07, 6.45) is -2.81. The molecule has 44 heavy (non-hydrogen) atoms. The number of amides is 1. The maximum absolute atomic E-state index is 15.1. The summed E-state index contributed by atoms with van der Waals surface area (Å²) < 4.78 is 95.6. The molecule has 2 bridgehead atoms. The van der Waals surface area contributed by atoms with Gasteiger partial charge in [0, 0.05) is 42.3 Å².